The molecule has 0 amide bonds. The van der Waals surface area contributed by atoms with Gasteiger partial charge in [0.25, 0.3) is 7.82 Å². The summed E-state index contributed by atoms with van der Waals surface area (Å²) in [4.78, 5) is 37.7. The number of allylic oxidation sites excluding steroid dienone is 30. The highest BCUT2D eigenvalue weighted by Gasteiger charge is 2.21. The van der Waals surface area contributed by atoms with E-state index in [1.54, 1.807) is 0 Å². The number of hydrogen-bond donors (Lipinski definition) is 0. The summed E-state index contributed by atoms with van der Waals surface area (Å²) in [5, 5.41) is 0. The summed E-state index contributed by atoms with van der Waals surface area (Å²) in [6, 6.07) is 0. The molecular weight excluding hydrogens is 990 g/mol. The van der Waals surface area contributed by atoms with Gasteiger partial charge in [-0.05, 0) is 122 Å². The fourth-order valence-corrected chi connectivity index (χ4v) is 7.69. The zero-order valence-electron chi connectivity index (χ0n) is 49.3. The molecule has 0 saturated carbocycles. The van der Waals surface area contributed by atoms with Crippen LogP contribution in [0, 0.1) is 0 Å². The predicted molar refractivity (Wildman–Crippen MR) is 332 cm³/mol. The van der Waals surface area contributed by atoms with E-state index in [4.69, 9.17) is 18.5 Å². The van der Waals surface area contributed by atoms with Crippen LogP contribution in [-0.2, 0) is 32.7 Å². The third-order valence-corrected chi connectivity index (χ3v) is 12.4. The molecule has 0 saturated heterocycles. The minimum Gasteiger partial charge on any atom is -0.756 e. The summed E-state index contributed by atoms with van der Waals surface area (Å²) in [5.74, 6) is -0.959. The summed E-state index contributed by atoms with van der Waals surface area (Å²) in [6.07, 6.45) is 88.3. The van der Waals surface area contributed by atoms with Gasteiger partial charge in [0.2, 0.25) is 0 Å². The molecule has 0 aromatic carbocycles. The highest BCUT2D eigenvalue weighted by molar-refractivity contribution is 7.45. The molecule has 9 nitrogen and oxygen atoms in total. The molecule has 0 N–H and O–H groups in total. The first kappa shape index (κ1) is 73.1. The first-order valence-electron chi connectivity index (χ1n) is 29.5. The largest absolute Gasteiger partial charge is 0.756 e. The molecule has 2 atom stereocenters. The zero-order chi connectivity index (χ0) is 57.0. The number of phosphoric acid groups is 1. The molecule has 0 aliphatic rings. The van der Waals surface area contributed by atoms with Crippen molar-refractivity contribution < 1.29 is 42.1 Å². The lowest BCUT2D eigenvalue weighted by Gasteiger charge is -2.28. The number of carbonyl (C=O) groups excluding carboxylic acids is 2. The SMILES string of the molecule is CC/C=C\C/C=C\C/C=C\C/C=C\C/C=C\C/C=C\C/C=C\C/C=C\C/C=C\C/C=C\C/C=C\CCCCCCCCCC(=O)OC(COC(=O)CC/C=C\C/C=C\C/C=C\C/C=C\CC)COP(=O)([O-])OCC[N+](C)(C)C. The molecule has 436 valence electrons. The van der Waals surface area contributed by atoms with Crippen molar-refractivity contribution in [1.29, 1.82) is 0 Å². The molecular formula is C68H106NO8P. The van der Waals surface area contributed by atoms with Crippen LogP contribution in [0.15, 0.2) is 182 Å². The number of quaternary nitrogens is 1. The normalized spacial score (nSPS) is 14.6. The van der Waals surface area contributed by atoms with Crippen molar-refractivity contribution in [3.8, 4) is 0 Å². The van der Waals surface area contributed by atoms with Crippen molar-refractivity contribution in [3.05, 3.63) is 182 Å². The molecule has 2 unspecified atom stereocenters. The van der Waals surface area contributed by atoms with Crippen LogP contribution in [-0.4, -0.2) is 70.0 Å². The maximum atomic E-state index is 12.8. The second kappa shape index (κ2) is 56.8. The average Bonchev–Trinajstić information content (AvgIpc) is 3.40. The van der Waals surface area contributed by atoms with Crippen molar-refractivity contribution in [3.63, 3.8) is 0 Å². The van der Waals surface area contributed by atoms with Gasteiger partial charge in [-0.3, -0.25) is 14.2 Å². The van der Waals surface area contributed by atoms with Gasteiger partial charge >= 0.3 is 11.9 Å². The van der Waals surface area contributed by atoms with E-state index >= 15 is 0 Å². The Morgan fingerprint density at radius 2 is 0.718 bits per heavy atom. The van der Waals surface area contributed by atoms with Gasteiger partial charge in [0.1, 0.15) is 19.8 Å². The average molecular weight is 1100 g/mol. The molecule has 0 aliphatic heterocycles. The Balaban J connectivity index is 4.17. The number of ether oxygens (including phenoxy) is 2. The van der Waals surface area contributed by atoms with Crippen molar-refractivity contribution >= 4 is 19.8 Å². The Labute approximate surface area is 476 Å². The van der Waals surface area contributed by atoms with Crippen molar-refractivity contribution in [1.82, 2.24) is 0 Å². The third kappa shape index (κ3) is 60.3. The van der Waals surface area contributed by atoms with E-state index in [0.29, 0.717) is 23.9 Å². The molecule has 0 fully saturated rings. The predicted octanol–water partition coefficient (Wildman–Crippen LogP) is 18.2. The molecule has 0 rings (SSSR count). The monoisotopic (exact) mass is 1100 g/mol. The van der Waals surface area contributed by atoms with E-state index in [1.807, 2.05) is 33.3 Å². The number of likely N-dealkylation sites (N-methyl/N-ethyl adjacent to an activating group) is 1. The lowest BCUT2D eigenvalue weighted by Crippen LogP contribution is -2.37. The highest BCUT2D eigenvalue weighted by atomic mass is 31.2. The molecule has 0 radical (unpaired) electrons. The first-order valence-corrected chi connectivity index (χ1v) is 31.0. The Kier molecular flexibility index (Phi) is 53.3. The highest BCUT2D eigenvalue weighted by Crippen LogP contribution is 2.38. The third-order valence-electron chi connectivity index (χ3n) is 11.4. The summed E-state index contributed by atoms with van der Waals surface area (Å²) >= 11 is 0. The van der Waals surface area contributed by atoms with E-state index in [0.717, 1.165) is 135 Å². The number of unbranched alkanes of at least 4 members (excludes halogenated alkanes) is 7. The quantitative estimate of drug-likeness (QED) is 0.0195. The van der Waals surface area contributed by atoms with Gasteiger partial charge in [0, 0.05) is 12.8 Å². The molecule has 78 heavy (non-hydrogen) atoms. The fourth-order valence-electron chi connectivity index (χ4n) is 6.97. The van der Waals surface area contributed by atoms with Gasteiger partial charge in [-0.15, -0.1) is 0 Å². The molecule has 10 heteroatoms. The number of rotatable bonds is 51. The van der Waals surface area contributed by atoms with Crippen LogP contribution >= 0.6 is 7.82 Å². The molecule has 0 spiro atoms. The Morgan fingerprint density at radius 3 is 1.08 bits per heavy atom. The Morgan fingerprint density at radius 1 is 0.397 bits per heavy atom. The Bertz CT molecular complexity index is 1970. The first-order chi connectivity index (χ1) is 38.0. The van der Waals surface area contributed by atoms with Gasteiger partial charge in [0.05, 0.1) is 27.7 Å². The molecule has 0 aliphatic carbocycles. The lowest BCUT2D eigenvalue weighted by atomic mass is 10.1. The van der Waals surface area contributed by atoms with Crippen LogP contribution in [0.1, 0.15) is 181 Å². The van der Waals surface area contributed by atoms with E-state index in [1.165, 1.54) is 6.42 Å². The van der Waals surface area contributed by atoms with Crippen LogP contribution < -0.4 is 4.89 Å². The van der Waals surface area contributed by atoms with Crippen molar-refractivity contribution in [2.45, 2.75) is 187 Å². The van der Waals surface area contributed by atoms with Gasteiger partial charge in [-0.25, -0.2) is 0 Å². The van der Waals surface area contributed by atoms with Crippen molar-refractivity contribution in [2.75, 3.05) is 47.5 Å². The minimum absolute atomic E-state index is 0.0538. The number of nitrogens with zero attached hydrogens (tertiary/aromatic N) is 1. The van der Waals surface area contributed by atoms with Crippen LogP contribution in [0.3, 0.4) is 0 Å². The second-order valence-electron chi connectivity index (χ2n) is 19.9. The molecule has 0 bridgehead atoms. The lowest BCUT2D eigenvalue weighted by molar-refractivity contribution is -0.870. The topological polar surface area (TPSA) is 111 Å². The van der Waals surface area contributed by atoms with E-state index in [9.17, 15) is 19.0 Å². The van der Waals surface area contributed by atoms with Crippen LogP contribution in [0.4, 0.5) is 0 Å². The molecule has 0 aromatic rings. The summed E-state index contributed by atoms with van der Waals surface area (Å²) in [5.41, 5.74) is 0. The smallest absolute Gasteiger partial charge is 0.306 e. The van der Waals surface area contributed by atoms with Crippen LogP contribution in [0.2, 0.25) is 0 Å². The molecule has 0 heterocycles. The van der Waals surface area contributed by atoms with Crippen molar-refractivity contribution in [2.24, 2.45) is 0 Å². The van der Waals surface area contributed by atoms with Crippen LogP contribution in [0.25, 0.3) is 0 Å². The minimum atomic E-state index is -4.66. The number of carbonyl (C=O) groups is 2. The number of phosphoric ester groups is 1. The van der Waals surface area contributed by atoms with E-state index < -0.39 is 32.5 Å². The summed E-state index contributed by atoms with van der Waals surface area (Å²) < 4.78 is 33.9. The maximum absolute atomic E-state index is 12.8. The van der Waals surface area contributed by atoms with E-state index in [-0.39, 0.29) is 26.1 Å². The molecule has 0 aromatic heterocycles. The fraction of sp³-hybridized carbons (Fsp3) is 0.529. The van der Waals surface area contributed by atoms with Gasteiger partial charge in [-0.2, -0.15) is 0 Å². The van der Waals surface area contributed by atoms with Gasteiger partial charge in [-0.1, -0.05) is 228 Å². The summed E-state index contributed by atoms with van der Waals surface area (Å²) in [6.45, 7) is 3.86. The Hall–Kier alpha value is -4.89. The second-order valence-corrected chi connectivity index (χ2v) is 21.3. The zero-order valence-corrected chi connectivity index (χ0v) is 50.2. The van der Waals surface area contributed by atoms with E-state index in [2.05, 4.69) is 184 Å². The van der Waals surface area contributed by atoms with Crippen LogP contribution in [0.5, 0.6) is 0 Å². The number of hydrogen-bond acceptors (Lipinski definition) is 8. The standard InChI is InChI=1S/C68H106NO8P/c1-6-8-10-12-14-16-18-20-21-22-23-24-25-26-27-28-29-30-31-32-33-34-35-36-37-38-39-40-41-42-43-44-45-46-47-49-51-53-55-57-59-61-68(71)77-66(65-76-78(72,73)75-63-62-69(3,4)5)64-74-67(70)60-58-56-54-52-50-48-19-17-15-13-11-9-7-2/h8-11,14-17,20-21,23-24,26-27,29-30,32-33,35-36,38-39,41-42,44-45,48,50,54,56,66H,6-7,12-13,18-19,22,25,28,31,34,37,40,43,46-47,49,51-53,55,57-65H2,1-5H3/b10-8-,11-9-,16-14-,17-15-,21-20-,24-23-,27-26-,30-29-,33-32-,36-35-,39-38-,42-41-,45-44-,50-48-,56-54-. The summed E-state index contributed by atoms with van der Waals surface area (Å²) in [7, 11) is 1.09. The maximum Gasteiger partial charge on any atom is 0.306 e. The number of esters is 2. The van der Waals surface area contributed by atoms with Gasteiger partial charge in [0.15, 0.2) is 6.10 Å². The van der Waals surface area contributed by atoms with Gasteiger partial charge < -0.3 is 27.9 Å².